The Hall–Kier alpha value is -0.790. The first-order valence-electron chi connectivity index (χ1n) is 4.96. The predicted molar refractivity (Wildman–Crippen MR) is 61.3 cm³/mol. The number of halogens is 1. The summed E-state index contributed by atoms with van der Waals surface area (Å²) in [5.41, 5.74) is 8.46. The van der Waals surface area contributed by atoms with E-state index in [4.69, 9.17) is 17.3 Å². The second-order valence-electron chi connectivity index (χ2n) is 3.77. The zero-order valence-corrected chi connectivity index (χ0v) is 8.80. The number of rotatable bonds is 1. The molecule has 0 fully saturated rings. The first kappa shape index (κ1) is 9.75. The minimum atomic E-state index is 0.345. The molecular formula is C12H14ClN. The van der Waals surface area contributed by atoms with Gasteiger partial charge in [-0.05, 0) is 42.5 Å². The van der Waals surface area contributed by atoms with Crippen LogP contribution in [0.5, 0.6) is 0 Å². The molecule has 1 aliphatic rings. The molecule has 74 valence electrons. The first-order chi connectivity index (χ1) is 6.75. The number of allylic oxidation sites excluding steroid dienone is 1. The molecule has 1 unspecified atom stereocenters. The molecule has 0 heterocycles. The van der Waals surface area contributed by atoms with Gasteiger partial charge in [0.15, 0.2) is 0 Å². The third kappa shape index (κ3) is 2.17. The summed E-state index contributed by atoms with van der Waals surface area (Å²) in [5.74, 6) is 0. The Morgan fingerprint density at radius 3 is 2.86 bits per heavy atom. The SMILES string of the molecule is NC1CC=C(c2cccc(Cl)c2)CC1. The van der Waals surface area contributed by atoms with Gasteiger partial charge in [-0.1, -0.05) is 29.8 Å². The van der Waals surface area contributed by atoms with Gasteiger partial charge in [-0.2, -0.15) is 0 Å². The minimum absolute atomic E-state index is 0.345. The lowest BCUT2D eigenvalue weighted by molar-refractivity contribution is 0.614. The van der Waals surface area contributed by atoms with E-state index in [1.807, 2.05) is 18.2 Å². The maximum Gasteiger partial charge on any atom is 0.0412 e. The Morgan fingerprint density at radius 2 is 2.21 bits per heavy atom. The zero-order chi connectivity index (χ0) is 9.97. The molecule has 0 aliphatic heterocycles. The molecule has 14 heavy (non-hydrogen) atoms. The van der Waals surface area contributed by atoms with E-state index >= 15 is 0 Å². The lowest BCUT2D eigenvalue weighted by Gasteiger charge is -2.18. The number of nitrogens with two attached hydrogens (primary N) is 1. The average molecular weight is 208 g/mol. The van der Waals surface area contributed by atoms with Gasteiger partial charge in [0, 0.05) is 11.1 Å². The van der Waals surface area contributed by atoms with E-state index in [0.29, 0.717) is 6.04 Å². The van der Waals surface area contributed by atoms with Gasteiger partial charge < -0.3 is 5.73 Å². The van der Waals surface area contributed by atoms with E-state index in [1.54, 1.807) is 0 Å². The van der Waals surface area contributed by atoms with Crippen molar-refractivity contribution in [2.45, 2.75) is 25.3 Å². The van der Waals surface area contributed by atoms with Crippen molar-refractivity contribution < 1.29 is 0 Å². The predicted octanol–water partition coefficient (Wildman–Crippen LogP) is 3.23. The highest BCUT2D eigenvalue weighted by atomic mass is 35.5. The average Bonchev–Trinajstić information content (AvgIpc) is 2.19. The lowest BCUT2D eigenvalue weighted by Crippen LogP contribution is -2.21. The van der Waals surface area contributed by atoms with E-state index in [2.05, 4.69) is 12.1 Å². The van der Waals surface area contributed by atoms with Gasteiger partial charge in [0.05, 0.1) is 0 Å². The molecule has 0 spiro atoms. The van der Waals surface area contributed by atoms with Gasteiger partial charge in [-0.15, -0.1) is 0 Å². The van der Waals surface area contributed by atoms with Crippen LogP contribution >= 0.6 is 11.6 Å². The molecule has 0 radical (unpaired) electrons. The van der Waals surface area contributed by atoms with Gasteiger partial charge in [0.1, 0.15) is 0 Å². The van der Waals surface area contributed by atoms with Crippen LogP contribution in [0.1, 0.15) is 24.8 Å². The Labute approximate surface area is 89.6 Å². The van der Waals surface area contributed by atoms with Crippen molar-refractivity contribution in [2.24, 2.45) is 5.73 Å². The van der Waals surface area contributed by atoms with E-state index in [1.165, 1.54) is 11.1 Å². The molecule has 2 rings (SSSR count). The highest BCUT2D eigenvalue weighted by Gasteiger charge is 2.11. The molecule has 1 aromatic rings. The van der Waals surface area contributed by atoms with Crippen LogP contribution in [0.25, 0.3) is 5.57 Å². The Bertz CT molecular complexity index is 357. The third-order valence-electron chi connectivity index (χ3n) is 2.65. The molecule has 1 aliphatic carbocycles. The summed E-state index contributed by atoms with van der Waals surface area (Å²) < 4.78 is 0. The minimum Gasteiger partial charge on any atom is -0.327 e. The highest BCUT2D eigenvalue weighted by Crippen LogP contribution is 2.27. The zero-order valence-electron chi connectivity index (χ0n) is 8.04. The van der Waals surface area contributed by atoms with Crippen molar-refractivity contribution in [1.82, 2.24) is 0 Å². The highest BCUT2D eigenvalue weighted by molar-refractivity contribution is 6.30. The summed E-state index contributed by atoms with van der Waals surface area (Å²) in [4.78, 5) is 0. The van der Waals surface area contributed by atoms with Crippen molar-refractivity contribution >= 4 is 17.2 Å². The van der Waals surface area contributed by atoms with E-state index in [-0.39, 0.29) is 0 Å². The monoisotopic (exact) mass is 207 g/mol. The summed E-state index contributed by atoms with van der Waals surface area (Å²) in [6.07, 6.45) is 5.38. The number of benzene rings is 1. The van der Waals surface area contributed by atoms with Crippen LogP contribution in [0.2, 0.25) is 5.02 Å². The lowest BCUT2D eigenvalue weighted by atomic mass is 9.91. The van der Waals surface area contributed by atoms with Gasteiger partial charge in [0.25, 0.3) is 0 Å². The van der Waals surface area contributed by atoms with Gasteiger partial charge in [-0.25, -0.2) is 0 Å². The van der Waals surface area contributed by atoms with E-state index in [9.17, 15) is 0 Å². The molecule has 2 heteroatoms. The van der Waals surface area contributed by atoms with Crippen LogP contribution in [0.15, 0.2) is 30.3 Å². The van der Waals surface area contributed by atoms with Crippen LogP contribution in [-0.2, 0) is 0 Å². The standard InChI is InChI=1S/C12H14ClN/c13-11-3-1-2-10(8-11)9-4-6-12(14)7-5-9/h1-4,8,12H,5-7,14H2. The Kier molecular flexibility index (Phi) is 2.90. The fourth-order valence-electron chi connectivity index (χ4n) is 1.80. The molecule has 0 aromatic heterocycles. The fraction of sp³-hybridized carbons (Fsp3) is 0.333. The van der Waals surface area contributed by atoms with Crippen LogP contribution in [0, 0.1) is 0 Å². The topological polar surface area (TPSA) is 26.0 Å². The normalized spacial score (nSPS) is 21.9. The molecule has 0 saturated heterocycles. The van der Waals surface area contributed by atoms with Crippen molar-refractivity contribution in [2.75, 3.05) is 0 Å². The van der Waals surface area contributed by atoms with Crippen molar-refractivity contribution in [3.05, 3.63) is 40.9 Å². The first-order valence-corrected chi connectivity index (χ1v) is 5.34. The third-order valence-corrected chi connectivity index (χ3v) is 2.88. The van der Waals surface area contributed by atoms with Gasteiger partial charge in [0.2, 0.25) is 0 Å². The molecular weight excluding hydrogens is 194 g/mol. The largest absolute Gasteiger partial charge is 0.327 e. The second-order valence-corrected chi connectivity index (χ2v) is 4.21. The summed E-state index contributed by atoms with van der Waals surface area (Å²) >= 11 is 5.94. The smallest absolute Gasteiger partial charge is 0.0412 e. The quantitative estimate of drug-likeness (QED) is 0.752. The van der Waals surface area contributed by atoms with Crippen molar-refractivity contribution in [1.29, 1.82) is 0 Å². The van der Waals surface area contributed by atoms with Crippen LogP contribution in [-0.4, -0.2) is 6.04 Å². The van der Waals surface area contributed by atoms with Crippen LogP contribution in [0.3, 0.4) is 0 Å². The molecule has 0 bridgehead atoms. The van der Waals surface area contributed by atoms with E-state index < -0.39 is 0 Å². The summed E-state index contributed by atoms with van der Waals surface area (Å²) in [6, 6.07) is 8.37. The maximum atomic E-state index is 5.94. The second kappa shape index (κ2) is 4.16. The summed E-state index contributed by atoms with van der Waals surface area (Å²) in [5, 5.41) is 0.804. The number of hydrogen-bond donors (Lipinski definition) is 1. The molecule has 0 amide bonds. The molecule has 1 atom stereocenters. The van der Waals surface area contributed by atoms with E-state index in [0.717, 1.165) is 24.3 Å². The van der Waals surface area contributed by atoms with Gasteiger partial charge >= 0.3 is 0 Å². The van der Waals surface area contributed by atoms with Crippen molar-refractivity contribution in [3.63, 3.8) is 0 Å². The molecule has 1 aromatic carbocycles. The fourth-order valence-corrected chi connectivity index (χ4v) is 2.00. The van der Waals surface area contributed by atoms with Crippen molar-refractivity contribution in [3.8, 4) is 0 Å². The molecule has 2 N–H and O–H groups in total. The summed E-state index contributed by atoms with van der Waals surface area (Å²) in [7, 11) is 0. The Morgan fingerprint density at radius 1 is 1.36 bits per heavy atom. The number of hydrogen-bond acceptors (Lipinski definition) is 1. The molecule has 0 saturated carbocycles. The molecule has 1 nitrogen and oxygen atoms in total. The Balaban J connectivity index is 2.23. The van der Waals surface area contributed by atoms with Crippen LogP contribution in [0.4, 0.5) is 0 Å². The van der Waals surface area contributed by atoms with Crippen LogP contribution < -0.4 is 5.73 Å². The van der Waals surface area contributed by atoms with Gasteiger partial charge in [-0.3, -0.25) is 0 Å². The maximum absolute atomic E-state index is 5.94. The summed E-state index contributed by atoms with van der Waals surface area (Å²) in [6.45, 7) is 0.